The van der Waals surface area contributed by atoms with Gasteiger partial charge in [0.05, 0.1) is 34.5 Å². The van der Waals surface area contributed by atoms with Gasteiger partial charge in [0.15, 0.2) is 5.82 Å². The fourth-order valence-corrected chi connectivity index (χ4v) is 9.26. The highest BCUT2D eigenvalue weighted by molar-refractivity contribution is 6.05. The summed E-state index contributed by atoms with van der Waals surface area (Å²) in [7, 11) is 0. The van der Waals surface area contributed by atoms with Crippen LogP contribution in [0.4, 0.5) is 0 Å². The Hall–Kier alpha value is -7.14. The third-order valence-electron chi connectivity index (χ3n) is 12.2. The Balaban J connectivity index is 1.29. The van der Waals surface area contributed by atoms with Gasteiger partial charge in [0, 0.05) is 32.9 Å². The lowest BCUT2D eigenvalue weighted by Crippen LogP contribution is -2.15. The van der Waals surface area contributed by atoms with E-state index in [0.717, 1.165) is 38.7 Å². The van der Waals surface area contributed by atoms with Crippen LogP contribution >= 0.6 is 0 Å². The third-order valence-corrected chi connectivity index (χ3v) is 12.2. The van der Waals surface area contributed by atoms with Crippen LogP contribution in [0, 0.1) is 22.7 Å². The number of benzene rings is 7. The molecule has 2 aliphatic carbocycles. The molecule has 7 aromatic carbocycles. The predicted molar refractivity (Wildman–Crippen MR) is 226 cm³/mol. The van der Waals surface area contributed by atoms with Crippen molar-refractivity contribution in [2.75, 3.05) is 0 Å². The lowest BCUT2D eigenvalue weighted by Gasteiger charge is -2.23. The summed E-state index contributed by atoms with van der Waals surface area (Å²) in [6.45, 7) is 9.22. The van der Waals surface area contributed by atoms with Crippen molar-refractivity contribution in [3.63, 3.8) is 0 Å². The van der Waals surface area contributed by atoms with E-state index in [4.69, 9.17) is 9.97 Å². The van der Waals surface area contributed by atoms with E-state index in [-0.39, 0.29) is 10.8 Å². The summed E-state index contributed by atoms with van der Waals surface area (Å²) in [6.07, 6.45) is 0. The molecule has 4 nitrogen and oxygen atoms in total. The Bertz CT molecular complexity index is 3060. The van der Waals surface area contributed by atoms with Crippen molar-refractivity contribution in [2.45, 2.75) is 38.5 Å². The maximum absolute atomic E-state index is 10.4. The Morgan fingerprint density at radius 2 is 0.893 bits per heavy atom. The van der Waals surface area contributed by atoms with Crippen molar-refractivity contribution in [3.8, 4) is 79.3 Å². The zero-order chi connectivity index (χ0) is 38.3. The minimum absolute atomic E-state index is 0.161. The van der Waals surface area contributed by atoms with E-state index < -0.39 is 0 Å². The first kappa shape index (κ1) is 33.4. The molecule has 4 heteroatoms. The van der Waals surface area contributed by atoms with E-state index in [1.54, 1.807) is 6.07 Å². The summed E-state index contributed by atoms with van der Waals surface area (Å²) in [5.41, 5.74) is 17.9. The maximum atomic E-state index is 10.4. The summed E-state index contributed by atoms with van der Waals surface area (Å²) in [5, 5.41) is 21.4. The van der Waals surface area contributed by atoms with Gasteiger partial charge in [0.1, 0.15) is 0 Å². The second kappa shape index (κ2) is 12.2. The second-order valence-electron chi connectivity index (χ2n) is 16.0. The Morgan fingerprint density at radius 1 is 0.411 bits per heavy atom. The molecule has 0 amide bonds. The smallest absolute Gasteiger partial charge is 0.161 e. The van der Waals surface area contributed by atoms with E-state index in [2.05, 4.69) is 137 Å². The Kier molecular flexibility index (Phi) is 7.28. The lowest BCUT2D eigenvalue weighted by molar-refractivity contribution is 0.660. The first-order valence-electron chi connectivity index (χ1n) is 19.0. The number of nitriles is 2. The molecule has 1 aromatic heterocycles. The zero-order valence-electron chi connectivity index (χ0n) is 31.6. The molecule has 0 atom stereocenters. The van der Waals surface area contributed by atoms with Crippen molar-refractivity contribution in [1.29, 1.82) is 10.5 Å². The van der Waals surface area contributed by atoms with E-state index in [9.17, 15) is 10.5 Å². The highest BCUT2D eigenvalue weighted by atomic mass is 14.9. The highest BCUT2D eigenvalue weighted by Crippen LogP contribution is 2.52. The topological polar surface area (TPSA) is 73.4 Å². The van der Waals surface area contributed by atoms with Crippen molar-refractivity contribution >= 4 is 10.9 Å². The molecular formula is C52H36N4. The van der Waals surface area contributed by atoms with Gasteiger partial charge in [0.25, 0.3) is 0 Å². The summed E-state index contributed by atoms with van der Waals surface area (Å²) in [6, 6.07) is 55.3. The van der Waals surface area contributed by atoms with E-state index >= 15 is 0 Å². The number of hydrogen-bond acceptors (Lipinski definition) is 4. The fourth-order valence-electron chi connectivity index (χ4n) is 9.26. The van der Waals surface area contributed by atoms with Crippen LogP contribution in [0.2, 0.25) is 0 Å². The van der Waals surface area contributed by atoms with Crippen LogP contribution in [0.1, 0.15) is 61.1 Å². The molecule has 2 aliphatic rings. The molecule has 264 valence electrons. The number of hydrogen-bond donors (Lipinski definition) is 0. The van der Waals surface area contributed by atoms with Crippen molar-refractivity contribution in [2.24, 2.45) is 0 Å². The Labute approximate surface area is 327 Å². The minimum atomic E-state index is -0.196. The molecule has 1 heterocycles. The standard InChI is InChI=1S/C52H36N4/c1-51(2)44-19-11-9-17-38(44)40-23-21-31(27-46(40)51)35-25-42(32-22-24-41-39-18-10-12-20-45(39)52(3,4)47(41)28-32)49-43(26-35)48(36-15-7-5-13-33(36)29-53)55-50(56-49)37-16-8-6-14-34(37)30-54/h5-28H,1-4H3. The largest absolute Gasteiger partial charge is 0.227 e. The van der Waals surface area contributed by atoms with Gasteiger partial charge in [-0.25, -0.2) is 9.97 Å². The van der Waals surface area contributed by atoms with Crippen LogP contribution in [-0.4, -0.2) is 9.97 Å². The monoisotopic (exact) mass is 716 g/mol. The molecule has 0 N–H and O–H groups in total. The molecule has 0 fully saturated rings. The zero-order valence-corrected chi connectivity index (χ0v) is 31.6. The summed E-state index contributed by atoms with van der Waals surface area (Å²) in [5.74, 6) is 0.442. The average molecular weight is 717 g/mol. The van der Waals surface area contributed by atoms with Crippen LogP contribution in [0.25, 0.3) is 78.1 Å². The number of fused-ring (bicyclic) bond motifs is 7. The molecule has 56 heavy (non-hydrogen) atoms. The molecular weight excluding hydrogens is 681 g/mol. The molecule has 10 rings (SSSR count). The molecule has 0 spiro atoms. The number of nitrogens with zero attached hydrogens (tertiary/aromatic N) is 4. The van der Waals surface area contributed by atoms with Gasteiger partial charge < -0.3 is 0 Å². The second-order valence-corrected chi connectivity index (χ2v) is 16.0. The van der Waals surface area contributed by atoms with E-state index in [1.807, 2.05) is 42.5 Å². The Morgan fingerprint density at radius 3 is 1.50 bits per heavy atom. The molecule has 0 radical (unpaired) electrons. The molecule has 0 saturated heterocycles. The minimum Gasteiger partial charge on any atom is -0.227 e. The van der Waals surface area contributed by atoms with E-state index in [1.165, 1.54) is 44.5 Å². The lowest BCUT2D eigenvalue weighted by atomic mass is 9.81. The molecule has 0 aliphatic heterocycles. The summed E-state index contributed by atoms with van der Waals surface area (Å²) in [4.78, 5) is 10.6. The van der Waals surface area contributed by atoms with Gasteiger partial charge in [-0.05, 0) is 104 Å². The van der Waals surface area contributed by atoms with Gasteiger partial charge in [-0.2, -0.15) is 10.5 Å². The van der Waals surface area contributed by atoms with Gasteiger partial charge in [-0.15, -0.1) is 0 Å². The van der Waals surface area contributed by atoms with Gasteiger partial charge >= 0.3 is 0 Å². The van der Waals surface area contributed by atoms with E-state index in [0.29, 0.717) is 28.2 Å². The predicted octanol–water partition coefficient (Wildman–Crippen LogP) is 12.7. The van der Waals surface area contributed by atoms with Gasteiger partial charge in [-0.1, -0.05) is 131 Å². The maximum Gasteiger partial charge on any atom is 0.161 e. The molecule has 0 saturated carbocycles. The van der Waals surface area contributed by atoms with Crippen LogP contribution in [-0.2, 0) is 10.8 Å². The summed E-state index contributed by atoms with van der Waals surface area (Å²) < 4.78 is 0. The quantitative estimate of drug-likeness (QED) is 0.182. The van der Waals surface area contributed by atoms with Crippen LogP contribution < -0.4 is 0 Å². The molecule has 8 aromatic rings. The third kappa shape index (κ3) is 4.83. The molecule has 0 unspecified atom stereocenters. The fraction of sp³-hybridized carbons (Fsp3) is 0.115. The molecule has 0 bridgehead atoms. The van der Waals surface area contributed by atoms with Crippen LogP contribution in [0.3, 0.4) is 0 Å². The first-order valence-corrected chi connectivity index (χ1v) is 19.0. The van der Waals surface area contributed by atoms with Crippen LogP contribution in [0.15, 0.2) is 146 Å². The number of aromatic nitrogens is 2. The van der Waals surface area contributed by atoms with Crippen molar-refractivity contribution in [1.82, 2.24) is 9.97 Å². The first-order chi connectivity index (χ1) is 27.2. The van der Waals surface area contributed by atoms with Crippen molar-refractivity contribution in [3.05, 3.63) is 179 Å². The van der Waals surface area contributed by atoms with Crippen molar-refractivity contribution < 1.29 is 0 Å². The normalized spacial score (nSPS) is 14.0. The SMILES string of the molecule is CC1(C)c2ccccc2-c2ccc(-c3cc(-c4ccc5c(c4)C(C)(C)c4ccccc4-5)c4nc(-c5ccccc5C#N)nc(-c5ccccc5C#N)c4c3)cc21. The van der Waals surface area contributed by atoms with Gasteiger partial charge in [0.2, 0.25) is 0 Å². The van der Waals surface area contributed by atoms with Gasteiger partial charge in [-0.3, -0.25) is 0 Å². The number of rotatable bonds is 4. The summed E-state index contributed by atoms with van der Waals surface area (Å²) >= 11 is 0. The average Bonchev–Trinajstić information content (AvgIpc) is 3.61. The highest BCUT2D eigenvalue weighted by Gasteiger charge is 2.37. The van der Waals surface area contributed by atoms with Crippen LogP contribution in [0.5, 0.6) is 0 Å².